The number of alkyl halides is 1. The second-order valence-corrected chi connectivity index (χ2v) is 10.1. The van der Waals surface area contributed by atoms with E-state index in [0.29, 0.717) is 11.7 Å². The molecule has 2 aliphatic rings. The largest absolute Gasteiger partial charge is 0.461 e. The van der Waals surface area contributed by atoms with Crippen molar-refractivity contribution in [2.24, 2.45) is 10.9 Å². The lowest BCUT2D eigenvalue weighted by Crippen LogP contribution is -2.33. The molecule has 1 N–H and O–H groups in total. The summed E-state index contributed by atoms with van der Waals surface area (Å²) in [4.78, 5) is 21.9. The first-order chi connectivity index (χ1) is 18.8. The van der Waals surface area contributed by atoms with E-state index in [-0.39, 0.29) is 5.91 Å². The normalized spacial score (nSPS) is 17.3. The summed E-state index contributed by atoms with van der Waals surface area (Å²) in [7, 11) is 0. The number of anilines is 1. The number of halogens is 1. The monoisotopic (exact) mass is 530 g/mol. The molecule has 0 saturated heterocycles. The number of benzene rings is 2. The van der Waals surface area contributed by atoms with Gasteiger partial charge in [-0.25, -0.2) is 9.38 Å². The van der Waals surface area contributed by atoms with Gasteiger partial charge in [-0.15, -0.1) is 0 Å². The zero-order valence-electron chi connectivity index (χ0n) is 23.6. The number of rotatable bonds is 9. The number of ether oxygens (including phenoxy) is 1. The number of carbonyl (C=O) groups excluding carboxylic acids is 1. The highest BCUT2D eigenvalue weighted by Crippen LogP contribution is 2.33. The van der Waals surface area contributed by atoms with Gasteiger partial charge >= 0.3 is 0 Å². The molecule has 2 atom stereocenters. The molecule has 39 heavy (non-hydrogen) atoms. The molecular formula is C32H39FN4O2. The van der Waals surface area contributed by atoms with Crippen LogP contribution in [0, 0.1) is 12.8 Å². The second-order valence-electron chi connectivity index (χ2n) is 10.1. The number of hydrogen-bond donors (Lipinski definition) is 1. The molecule has 2 aliphatic heterocycles. The Labute approximate surface area is 231 Å². The number of fused-ring (bicyclic) bond motifs is 1. The van der Waals surface area contributed by atoms with E-state index in [9.17, 15) is 9.18 Å². The third-order valence-corrected chi connectivity index (χ3v) is 6.75. The van der Waals surface area contributed by atoms with Gasteiger partial charge in [-0.2, -0.15) is 0 Å². The van der Waals surface area contributed by atoms with Gasteiger partial charge < -0.3 is 19.9 Å². The summed E-state index contributed by atoms with van der Waals surface area (Å²) >= 11 is 0. The van der Waals surface area contributed by atoms with E-state index in [1.165, 1.54) is 6.92 Å². The van der Waals surface area contributed by atoms with Crippen LogP contribution in [0.25, 0.3) is 5.70 Å². The van der Waals surface area contributed by atoms with Crippen LogP contribution in [-0.4, -0.2) is 41.0 Å². The molecule has 0 saturated carbocycles. The molecule has 0 radical (unpaired) electrons. The maximum atomic E-state index is 13.3. The Balaban J connectivity index is 1.56. The summed E-state index contributed by atoms with van der Waals surface area (Å²) in [5, 5.41) is 3.49. The summed E-state index contributed by atoms with van der Waals surface area (Å²) in [6, 6.07) is 13.3. The van der Waals surface area contributed by atoms with Crippen molar-refractivity contribution < 1.29 is 13.9 Å². The smallest absolute Gasteiger partial charge is 0.254 e. The minimum atomic E-state index is -1.36. The first-order valence-corrected chi connectivity index (χ1v) is 13.8. The number of aliphatic imine (C=N–C) groups is 1. The molecule has 4 rings (SSSR count). The molecule has 2 aromatic carbocycles. The highest BCUT2D eigenvalue weighted by Gasteiger charge is 2.25. The molecule has 2 unspecified atom stereocenters. The Morgan fingerprint density at radius 3 is 2.51 bits per heavy atom. The lowest BCUT2D eigenvalue weighted by atomic mass is 10.0. The fraction of sp³-hybridized carbons (Fsp3) is 0.375. The van der Waals surface area contributed by atoms with E-state index in [1.54, 1.807) is 18.3 Å². The van der Waals surface area contributed by atoms with Gasteiger partial charge in [0, 0.05) is 49.4 Å². The van der Waals surface area contributed by atoms with Crippen molar-refractivity contribution in [2.45, 2.75) is 60.2 Å². The molecule has 0 fully saturated rings. The molecule has 6 nitrogen and oxygen atoms in total. The SMILES string of the molecule is CCCN(CCC)C(=O)c1ccc(NC2=NC=CN3C2=CCC(C)C=C3c2ccc(OC(C)F)cc2)cc1C. The van der Waals surface area contributed by atoms with Gasteiger partial charge in [-0.05, 0) is 85.7 Å². The Kier molecular flexibility index (Phi) is 9.23. The van der Waals surface area contributed by atoms with Crippen LogP contribution in [0.2, 0.25) is 0 Å². The van der Waals surface area contributed by atoms with Gasteiger partial charge in [0.15, 0.2) is 5.84 Å². The van der Waals surface area contributed by atoms with Crippen LogP contribution in [0.3, 0.4) is 0 Å². The van der Waals surface area contributed by atoms with E-state index in [2.05, 4.69) is 48.1 Å². The summed E-state index contributed by atoms with van der Waals surface area (Å²) in [6.45, 7) is 11.3. The number of amides is 1. The first kappa shape index (κ1) is 28.1. The molecular weight excluding hydrogens is 491 g/mol. The van der Waals surface area contributed by atoms with Crippen LogP contribution in [0.1, 0.15) is 68.4 Å². The van der Waals surface area contributed by atoms with Gasteiger partial charge in [-0.1, -0.05) is 32.9 Å². The second kappa shape index (κ2) is 12.8. The van der Waals surface area contributed by atoms with Gasteiger partial charge in [0.1, 0.15) is 5.75 Å². The summed E-state index contributed by atoms with van der Waals surface area (Å²) in [6.07, 6.45) is 9.56. The number of nitrogens with zero attached hydrogens (tertiary/aromatic N) is 3. The highest BCUT2D eigenvalue weighted by atomic mass is 19.1. The van der Waals surface area contributed by atoms with Crippen molar-refractivity contribution in [1.29, 1.82) is 0 Å². The number of nitrogens with one attached hydrogen (secondary N) is 1. The molecule has 1 amide bonds. The maximum absolute atomic E-state index is 13.3. The van der Waals surface area contributed by atoms with Gasteiger partial charge in [-0.3, -0.25) is 4.79 Å². The zero-order valence-corrected chi connectivity index (χ0v) is 23.6. The van der Waals surface area contributed by atoms with Crippen molar-refractivity contribution in [2.75, 3.05) is 18.4 Å². The number of carbonyl (C=O) groups is 1. The fourth-order valence-corrected chi connectivity index (χ4v) is 4.92. The molecule has 0 aliphatic carbocycles. The van der Waals surface area contributed by atoms with Gasteiger partial charge in [0.05, 0.1) is 5.70 Å². The Hall–Kier alpha value is -3.87. The predicted molar refractivity (Wildman–Crippen MR) is 157 cm³/mol. The van der Waals surface area contributed by atoms with E-state index in [4.69, 9.17) is 4.74 Å². The molecule has 0 spiro atoms. The molecule has 0 bridgehead atoms. The summed E-state index contributed by atoms with van der Waals surface area (Å²) in [5.74, 6) is 1.63. The average molecular weight is 531 g/mol. The van der Waals surface area contributed by atoms with Crippen LogP contribution in [0.5, 0.6) is 5.75 Å². The number of amidine groups is 1. The molecule has 206 valence electrons. The van der Waals surface area contributed by atoms with Gasteiger partial charge in [0.25, 0.3) is 5.91 Å². The maximum Gasteiger partial charge on any atom is 0.254 e. The fourth-order valence-electron chi connectivity index (χ4n) is 4.92. The minimum absolute atomic E-state index is 0.0829. The summed E-state index contributed by atoms with van der Waals surface area (Å²) < 4.78 is 18.5. The third-order valence-electron chi connectivity index (χ3n) is 6.75. The van der Waals surface area contributed by atoms with Crippen LogP contribution in [-0.2, 0) is 0 Å². The average Bonchev–Trinajstić information content (AvgIpc) is 3.08. The van der Waals surface area contributed by atoms with Crippen molar-refractivity contribution in [1.82, 2.24) is 9.80 Å². The van der Waals surface area contributed by atoms with Crippen LogP contribution >= 0.6 is 0 Å². The van der Waals surface area contributed by atoms with Crippen molar-refractivity contribution in [3.05, 3.63) is 89.4 Å². The van der Waals surface area contributed by atoms with Crippen LogP contribution in [0.4, 0.5) is 10.1 Å². The van der Waals surface area contributed by atoms with Crippen LogP contribution < -0.4 is 10.1 Å². The Morgan fingerprint density at radius 2 is 1.87 bits per heavy atom. The lowest BCUT2D eigenvalue weighted by molar-refractivity contribution is 0.0754. The zero-order chi connectivity index (χ0) is 27.9. The van der Waals surface area contributed by atoms with Gasteiger partial charge in [0.2, 0.25) is 6.36 Å². The molecule has 0 aromatic heterocycles. The lowest BCUT2D eigenvalue weighted by Gasteiger charge is -2.29. The van der Waals surface area contributed by atoms with Crippen LogP contribution in [0.15, 0.2) is 77.7 Å². The van der Waals surface area contributed by atoms with Crippen molar-refractivity contribution >= 4 is 23.1 Å². The van der Waals surface area contributed by atoms with E-state index in [0.717, 1.165) is 72.0 Å². The van der Waals surface area contributed by atoms with E-state index in [1.807, 2.05) is 48.4 Å². The minimum Gasteiger partial charge on any atom is -0.461 e. The van der Waals surface area contributed by atoms with Crippen molar-refractivity contribution in [3.63, 3.8) is 0 Å². The Bertz CT molecular complexity index is 1290. The standard InChI is InChI=1S/C32H39FN4O2/c1-6-17-36(18-7-2)32(38)28-14-11-26(21-23(28)4)35-31-29-15-8-22(3)20-30(37(29)19-16-34-31)25-9-12-27(13-10-25)39-24(5)33/h9-16,19-22,24H,6-8,17-18H2,1-5H3,(H,34,35). The molecule has 2 heterocycles. The topological polar surface area (TPSA) is 57.2 Å². The number of hydrogen-bond acceptors (Lipinski definition) is 5. The predicted octanol–water partition coefficient (Wildman–Crippen LogP) is 7.51. The number of aryl methyl sites for hydroxylation is 1. The molecule has 7 heteroatoms. The third kappa shape index (κ3) is 6.77. The van der Waals surface area contributed by atoms with Crippen molar-refractivity contribution in [3.8, 4) is 5.75 Å². The highest BCUT2D eigenvalue weighted by molar-refractivity contribution is 6.10. The Morgan fingerprint density at radius 1 is 1.15 bits per heavy atom. The summed E-state index contributed by atoms with van der Waals surface area (Å²) in [5.41, 5.74) is 5.53. The quantitative estimate of drug-likeness (QED) is 0.364. The van der Waals surface area contributed by atoms with E-state index < -0.39 is 6.36 Å². The molecule has 2 aromatic rings. The first-order valence-electron chi connectivity index (χ1n) is 13.8. The van der Waals surface area contributed by atoms with E-state index >= 15 is 0 Å². The number of allylic oxidation sites excluding steroid dienone is 2.